The van der Waals surface area contributed by atoms with E-state index in [1.165, 1.54) is 9.87 Å². The third-order valence-electron chi connectivity index (χ3n) is 7.05. The topological polar surface area (TPSA) is 73.8 Å². The van der Waals surface area contributed by atoms with Gasteiger partial charge in [-0.2, -0.15) is 4.31 Å². The highest BCUT2D eigenvalue weighted by molar-refractivity contribution is 7.91. The fourth-order valence-electron chi connectivity index (χ4n) is 4.54. The Morgan fingerprint density at radius 2 is 1.78 bits per heavy atom. The third-order valence-corrected chi connectivity index (χ3v) is 11.7. The molecule has 0 bridgehead atoms. The molecule has 1 saturated heterocycles. The summed E-state index contributed by atoms with van der Waals surface area (Å²) in [7, 11) is -3.59. The van der Waals surface area contributed by atoms with Crippen molar-refractivity contribution in [2.24, 2.45) is 5.92 Å². The van der Waals surface area contributed by atoms with Crippen molar-refractivity contribution in [3.05, 3.63) is 39.7 Å². The van der Waals surface area contributed by atoms with Gasteiger partial charge in [-0.05, 0) is 69.1 Å². The number of nitrogens with zero attached hydrogens (tertiary/aromatic N) is 4. The molecule has 1 aliphatic heterocycles. The SMILES string of the molecule is CCN(CC)CCN(C(=O)C1CCN(S(=O)(=O)c2ccc(Cl)s2)CC1)c1nc2c(C)c(C)ccc2s1. The number of thiophene rings is 1. The van der Waals surface area contributed by atoms with E-state index in [-0.39, 0.29) is 16.0 Å². The predicted molar refractivity (Wildman–Crippen MR) is 150 cm³/mol. The number of aryl methyl sites for hydroxylation is 2. The molecule has 36 heavy (non-hydrogen) atoms. The maximum Gasteiger partial charge on any atom is 0.252 e. The van der Waals surface area contributed by atoms with E-state index < -0.39 is 10.0 Å². The molecule has 0 saturated carbocycles. The Morgan fingerprint density at radius 3 is 2.39 bits per heavy atom. The minimum Gasteiger partial charge on any atom is -0.302 e. The quantitative estimate of drug-likeness (QED) is 0.345. The van der Waals surface area contributed by atoms with Crippen LogP contribution in [0.25, 0.3) is 10.2 Å². The molecule has 0 spiro atoms. The zero-order valence-electron chi connectivity index (χ0n) is 21.2. The number of anilines is 1. The summed E-state index contributed by atoms with van der Waals surface area (Å²) in [5.74, 6) is -0.207. The van der Waals surface area contributed by atoms with E-state index >= 15 is 0 Å². The highest BCUT2D eigenvalue weighted by Gasteiger charge is 2.35. The van der Waals surface area contributed by atoms with E-state index in [4.69, 9.17) is 16.6 Å². The third kappa shape index (κ3) is 5.63. The Balaban J connectivity index is 1.54. The summed E-state index contributed by atoms with van der Waals surface area (Å²) in [5, 5.41) is 0.721. The monoisotopic (exact) mass is 568 g/mol. The van der Waals surface area contributed by atoms with Crippen molar-refractivity contribution >= 4 is 65.6 Å². The zero-order chi connectivity index (χ0) is 26.0. The Hall–Kier alpha value is -1.56. The highest BCUT2D eigenvalue weighted by Crippen LogP contribution is 2.35. The largest absolute Gasteiger partial charge is 0.302 e. The van der Waals surface area contributed by atoms with Crippen LogP contribution in [0, 0.1) is 19.8 Å². The number of carbonyl (C=O) groups is 1. The van der Waals surface area contributed by atoms with Gasteiger partial charge in [0.05, 0.1) is 14.6 Å². The van der Waals surface area contributed by atoms with Crippen LogP contribution in [-0.2, 0) is 14.8 Å². The molecule has 1 aliphatic rings. The van der Waals surface area contributed by atoms with Crippen molar-refractivity contribution in [1.82, 2.24) is 14.2 Å². The standard InChI is InChI=1S/C25H33ClN4O3S3/c1-5-28(6-2)15-16-30(25-27-23-18(4)17(3)7-8-20(23)34-25)24(31)19-11-13-29(14-12-19)36(32,33)22-10-9-21(26)35-22/h7-10,19H,5-6,11-16H2,1-4H3. The number of piperidine rings is 1. The van der Waals surface area contributed by atoms with E-state index in [2.05, 4.69) is 44.7 Å². The molecule has 11 heteroatoms. The van der Waals surface area contributed by atoms with Gasteiger partial charge in [-0.1, -0.05) is 42.9 Å². The van der Waals surface area contributed by atoms with E-state index in [1.807, 2.05) is 4.90 Å². The number of hydrogen-bond donors (Lipinski definition) is 0. The number of benzene rings is 1. The number of aromatic nitrogens is 1. The number of likely N-dealkylation sites (N-methyl/N-ethyl adjacent to an activating group) is 1. The second kappa shape index (κ2) is 11.4. The van der Waals surface area contributed by atoms with Crippen LogP contribution in [0.3, 0.4) is 0 Å². The zero-order valence-corrected chi connectivity index (χ0v) is 24.4. The summed E-state index contributed by atoms with van der Waals surface area (Å²) >= 11 is 8.57. The first-order valence-electron chi connectivity index (χ1n) is 12.3. The van der Waals surface area contributed by atoms with Gasteiger partial charge in [0.2, 0.25) is 5.91 Å². The lowest BCUT2D eigenvalue weighted by atomic mass is 9.96. The van der Waals surface area contributed by atoms with Gasteiger partial charge >= 0.3 is 0 Å². The Kier molecular flexibility index (Phi) is 8.74. The molecule has 2 aromatic heterocycles. The number of sulfonamides is 1. The normalized spacial score (nSPS) is 15.7. The van der Waals surface area contributed by atoms with E-state index in [0.717, 1.165) is 51.9 Å². The first-order valence-corrected chi connectivity index (χ1v) is 15.8. The van der Waals surface area contributed by atoms with Gasteiger partial charge in [-0.3, -0.25) is 9.69 Å². The van der Waals surface area contributed by atoms with Gasteiger partial charge in [-0.25, -0.2) is 13.4 Å². The van der Waals surface area contributed by atoms with Crippen LogP contribution in [0.2, 0.25) is 4.34 Å². The van der Waals surface area contributed by atoms with Crippen molar-refractivity contribution in [3.63, 3.8) is 0 Å². The average Bonchev–Trinajstić information content (AvgIpc) is 3.51. The molecule has 0 unspecified atom stereocenters. The van der Waals surface area contributed by atoms with Gasteiger partial charge < -0.3 is 4.90 Å². The van der Waals surface area contributed by atoms with E-state index in [9.17, 15) is 13.2 Å². The molecule has 1 amide bonds. The van der Waals surface area contributed by atoms with Gasteiger partial charge in [0.15, 0.2) is 5.13 Å². The van der Waals surface area contributed by atoms with Gasteiger partial charge in [0.25, 0.3) is 10.0 Å². The van der Waals surface area contributed by atoms with E-state index in [1.54, 1.807) is 23.5 Å². The van der Waals surface area contributed by atoms with Crippen LogP contribution in [0.1, 0.15) is 37.8 Å². The fourth-order valence-corrected chi connectivity index (χ4v) is 8.70. The number of thiazole rings is 1. The van der Waals surface area contributed by atoms with Crippen molar-refractivity contribution in [2.45, 2.75) is 44.7 Å². The Morgan fingerprint density at radius 1 is 1.08 bits per heavy atom. The van der Waals surface area contributed by atoms with Gasteiger partial charge in [0.1, 0.15) is 4.21 Å². The number of hydrogen-bond acceptors (Lipinski definition) is 7. The van der Waals surface area contributed by atoms with Gasteiger partial charge in [0, 0.05) is 32.1 Å². The first kappa shape index (κ1) is 27.5. The minimum absolute atomic E-state index is 0.0341. The molecule has 0 radical (unpaired) electrons. The number of fused-ring (bicyclic) bond motifs is 1. The molecule has 4 rings (SSSR count). The molecule has 0 N–H and O–H groups in total. The lowest BCUT2D eigenvalue weighted by Crippen LogP contribution is -2.46. The van der Waals surface area contributed by atoms with Crippen molar-refractivity contribution in [2.75, 3.05) is 44.2 Å². The summed E-state index contributed by atoms with van der Waals surface area (Å²) in [5.41, 5.74) is 3.27. The maximum absolute atomic E-state index is 13.8. The smallest absolute Gasteiger partial charge is 0.252 e. The molecule has 7 nitrogen and oxygen atoms in total. The summed E-state index contributed by atoms with van der Waals surface area (Å²) in [6, 6.07) is 7.32. The Labute approximate surface area is 226 Å². The van der Waals surface area contributed by atoms with Crippen molar-refractivity contribution in [3.8, 4) is 0 Å². The summed E-state index contributed by atoms with van der Waals surface area (Å²) in [4.78, 5) is 22.9. The molecule has 0 atom stereocenters. The molecular formula is C25H33ClN4O3S3. The number of amides is 1. The average molecular weight is 569 g/mol. The van der Waals surface area contributed by atoms with Gasteiger partial charge in [-0.15, -0.1) is 11.3 Å². The van der Waals surface area contributed by atoms with Crippen LogP contribution in [0.15, 0.2) is 28.5 Å². The molecule has 1 aromatic carbocycles. The van der Waals surface area contributed by atoms with E-state index in [0.29, 0.717) is 36.8 Å². The van der Waals surface area contributed by atoms with Crippen LogP contribution in [0.4, 0.5) is 5.13 Å². The summed E-state index contributed by atoms with van der Waals surface area (Å²) in [6.07, 6.45) is 0.976. The molecular weight excluding hydrogens is 536 g/mol. The molecule has 1 fully saturated rings. The molecule has 3 heterocycles. The first-order chi connectivity index (χ1) is 17.1. The number of rotatable bonds is 9. The van der Waals surface area contributed by atoms with Crippen molar-refractivity contribution in [1.29, 1.82) is 0 Å². The molecule has 196 valence electrons. The predicted octanol–water partition coefficient (Wildman–Crippen LogP) is 5.40. The van der Waals surface area contributed by atoms with Crippen LogP contribution < -0.4 is 4.90 Å². The highest BCUT2D eigenvalue weighted by atomic mass is 35.5. The number of halogens is 1. The summed E-state index contributed by atoms with van der Waals surface area (Å²) in [6.45, 7) is 12.2. The minimum atomic E-state index is -3.59. The van der Waals surface area contributed by atoms with Crippen LogP contribution >= 0.6 is 34.3 Å². The lowest BCUT2D eigenvalue weighted by molar-refractivity contribution is -0.123. The molecule has 0 aliphatic carbocycles. The summed E-state index contributed by atoms with van der Waals surface area (Å²) < 4.78 is 29.3. The van der Waals surface area contributed by atoms with Crippen LogP contribution in [-0.4, -0.2) is 67.8 Å². The maximum atomic E-state index is 13.8. The van der Waals surface area contributed by atoms with Crippen molar-refractivity contribution < 1.29 is 13.2 Å². The Bertz CT molecular complexity index is 1330. The van der Waals surface area contributed by atoms with Crippen LogP contribution in [0.5, 0.6) is 0 Å². The second-order valence-electron chi connectivity index (χ2n) is 9.10. The number of carbonyl (C=O) groups excluding carboxylic acids is 1. The molecule has 3 aromatic rings. The second-order valence-corrected chi connectivity index (χ2v) is 14.0. The lowest BCUT2D eigenvalue weighted by Gasteiger charge is -2.33. The fraction of sp³-hybridized carbons (Fsp3) is 0.520.